The molecule has 0 amide bonds. The molecule has 0 aliphatic rings. The van der Waals surface area contributed by atoms with Gasteiger partial charge in [0.05, 0.1) is 10.6 Å². The molecule has 0 unspecified atom stereocenters. The van der Waals surface area contributed by atoms with E-state index in [4.69, 9.17) is 5.14 Å². The van der Waals surface area contributed by atoms with Crippen molar-refractivity contribution in [3.8, 4) is 0 Å². The van der Waals surface area contributed by atoms with Crippen molar-refractivity contribution in [2.45, 2.75) is 18.0 Å². The van der Waals surface area contributed by atoms with E-state index in [2.05, 4.69) is 10.3 Å². The lowest BCUT2D eigenvalue weighted by atomic mass is 10.2. The number of nitrogens with zero attached hydrogens (tertiary/aromatic N) is 1. The van der Waals surface area contributed by atoms with Crippen molar-refractivity contribution in [3.05, 3.63) is 59.9 Å². The third-order valence-electron chi connectivity index (χ3n) is 2.59. The molecule has 0 bridgehead atoms. The highest BCUT2D eigenvalue weighted by Crippen LogP contribution is 2.09. The molecule has 0 aliphatic carbocycles. The SMILES string of the molecule is NS(=O)(=O)c1cccc(CNCc2ccccn2)c1. The Morgan fingerprint density at radius 2 is 1.95 bits per heavy atom. The first kappa shape index (κ1) is 13.7. The number of hydrogen-bond acceptors (Lipinski definition) is 4. The molecule has 0 saturated heterocycles. The number of aromatic nitrogens is 1. The second kappa shape index (κ2) is 5.92. The van der Waals surface area contributed by atoms with Gasteiger partial charge in [0, 0.05) is 19.3 Å². The molecule has 0 aliphatic heterocycles. The van der Waals surface area contributed by atoms with Gasteiger partial charge in [-0.1, -0.05) is 18.2 Å². The fraction of sp³-hybridized carbons (Fsp3) is 0.154. The van der Waals surface area contributed by atoms with Gasteiger partial charge in [0.15, 0.2) is 0 Å². The molecule has 0 saturated carbocycles. The fourth-order valence-electron chi connectivity index (χ4n) is 1.67. The summed E-state index contributed by atoms with van der Waals surface area (Å²) in [7, 11) is -3.64. The van der Waals surface area contributed by atoms with Gasteiger partial charge in [-0.05, 0) is 29.8 Å². The topological polar surface area (TPSA) is 85.1 Å². The highest BCUT2D eigenvalue weighted by molar-refractivity contribution is 7.89. The van der Waals surface area contributed by atoms with Gasteiger partial charge in [-0.3, -0.25) is 4.98 Å². The molecule has 2 rings (SSSR count). The van der Waals surface area contributed by atoms with Gasteiger partial charge in [0.2, 0.25) is 10.0 Å². The minimum absolute atomic E-state index is 0.129. The zero-order chi connectivity index (χ0) is 13.7. The van der Waals surface area contributed by atoms with Crippen LogP contribution in [0.15, 0.2) is 53.6 Å². The third kappa shape index (κ3) is 4.13. The first-order valence-electron chi connectivity index (χ1n) is 5.78. The van der Waals surface area contributed by atoms with E-state index in [-0.39, 0.29) is 4.90 Å². The molecular weight excluding hydrogens is 262 g/mol. The van der Waals surface area contributed by atoms with Crippen LogP contribution in [0.3, 0.4) is 0 Å². The second-order valence-electron chi connectivity index (χ2n) is 4.12. The molecule has 3 N–H and O–H groups in total. The van der Waals surface area contributed by atoms with E-state index in [0.29, 0.717) is 13.1 Å². The molecule has 19 heavy (non-hydrogen) atoms. The van der Waals surface area contributed by atoms with Crippen molar-refractivity contribution in [1.29, 1.82) is 0 Å². The Morgan fingerprint density at radius 3 is 2.63 bits per heavy atom. The van der Waals surface area contributed by atoms with Crippen molar-refractivity contribution in [3.63, 3.8) is 0 Å². The van der Waals surface area contributed by atoms with Crippen LogP contribution in [0, 0.1) is 0 Å². The summed E-state index contributed by atoms with van der Waals surface area (Å²) in [5.41, 5.74) is 1.80. The van der Waals surface area contributed by atoms with Crippen LogP contribution in [-0.4, -0.2) is 13.4 Å². The number of pyridine rings is 1. The normalized spacial score (nSPS) is 11.4. The Labute approximate surface area is 112 Å². The van der Waals surface area contributed by atoms with E-state index in [1.165, 1.54) is 6.07 Å². The Bertz CT molecular complexity index is 642. The molecule has 5 nitrogen and oxygen atoms in total. The molecule has 0 radical (unpaired) electrons. The highest BCUT2D eigenvalue weighted by atomic mass is 32.2. The summed E-state index contributed by atoms with van der Waals surface area (Å²) in [6, 6.07) is 12.3. The summed E-state index contributed by atoms with van der Waals surface area (Å²) in [5, 5.41) is 8.29. The molecule has 100 valence electrons. The van der Waals surface area contributed by atoms with Crippen LogP contribution in [0.5, 0.6) is 0 Å². The summed E-state index contributed by atoms with van der Waals surface area (Å²) in [5.74, 6) is 0. The third-order valence-corrected chi connectivity index (χ3v) is 3.50. The molecule has 0 atom stereocenters. The lowest BCUT2D eigenvalue weighted by Gasteiger charge is -2.06. The molecule has 6 heteroatoms. The maximum Gasteiger partial charge on any atom is 0.238 e. The van der Waals surface area contributed by atoms with E-state index in [1.54, 1.807) is 18.3 Å². The predicted octanol–water partition coefficient (Wildman–Crippen LogP) is 1.02. The van der Waals surface area contributed by atoms with E-state index in [1.807, 2.05) is 24.3 Å². The second-order valence-corrected chi connectivity index (χ2v) is 5.68. The summed E-state index contributed by atoms with van der Waals surface area (Å²) in [6.45, 7) is 1.18. The molecule has 0 fully saturated rings. The first-order valence-corrected chi connectivity index (χ1v) is 7.33. The van der Waals surface area contributed by atoms with Crippen molar-refractivity contribution in [1.82, 2.24) is 10.3 Å². The number of hydrogen-bond donors (Lipinski definition) is 2. The lowest BCUT2D eigenvalue weighted by molar-refractivity contribution is 0.597. The van der Waals surface area contributed by atoms with Gasteiger partial charge < -0.3 is 5.32 Å². The predicted molar refractivity (Wildman–Crippen MR) is 72.6 cm³/mol. The fourth-order valence-corrected chi connectivity index (χ4v) is 2.25. The average Bonchev–Trinajstić information content (AvgIpc) is 2.39. The van der Waals surface area contributed by atoms with Crippen molar-refractivity contribution < 1.29 is 8.42 Å². The quantitative estimate of drug-likeness (QED) is 0.854. The van der Waals surface area contributed by atoms with Crippen LogP contribution in [0.25, 0.3) is 0 Å². The maximum absolute atomic E-state index is 11.2. The Kier molecular flexibility index (Phi) is 4.26. The van der Waals surface area contributed by atoms with Crippen LogP contribution < -0.4 is 10.5 Å². The molecule has 1 heterocycles. The van der Waals surface area contributed by atoms with Gasteiger partial charge in [-0.2, -0.15) is 0 Å². The Morgan fingerprint density at radius 1 is 1.11 bits per heavy atom. The number of rotatable bonds is 5. The highest BCUT2D eigenvalue weighted by Gasteiger charge is 2.07. The van der Waals surface area contributed by atoms with Crippen LogP contribution in [0.2, 0.25) is 0 Å². The summed E-state index contributed by atoms with van der Waals surface area (Å²) >= 11 is 0. The average molecular weight is 277 g/mol. The van der Waals surface area contributed by atoms with Gasteiger partial charge in [0.25, 0.3) is 0 Å². The first-order chi connectivity index (χ1) is 9.05. The van der Waals surface area contributed by atoms with Crippen LogP contribution in [0.1, 0.15) is 11.3 Å². The van der Waals surface area contributed by atoms with E-state index < -0.39 is 10.0 Å². The maximum atomic E-state index is 11.2. The number of primary sulfonamides is 1. The Hall–Kier alpha value is -1.76. The molecule has 2 aromatic rings. The Balaban J connectivity index is 1.97. The monoisotopic (exact) mass is 277 g/mol. The molecular formula is C13H15N3O2S. The summed E-state index contributed by atoms with van der Waals surface area (Å²) in [4.78, 5) is 4.32. The van der Waals surface area contributed by atoms with Crippen LogP contribution in [0.4, 0.5) is 0 Å². The number of sulfonamides is 1. The molecule has 1 aromatic carbocycles. The number of benzene rings is 1. The zero-order valence-corrected chi connectivity index (χ0v) is 11.1. The van der Waals surface area contributed by atoms with Gasteiger partial charge in [0.1, 0.15) is 0 Å². The number of nitrogens with two attached hydrogens (primary N) is 1. The smallest absolute Gasteiger partial charge is 0.238 e. The largest absolute Gasteiger partial charge is 0.307 e. The van der Waals surface area contributed by atoms with E-state index in [9.17, 15) is 8.42 Å². The van der Waals surface area contributed by atoms with E-state index in [0.717, 1.165) is 11.3 Å². The minimum atomic E-state index is -3.64. The van der Waals surface area contributed by atoms with Gasteiger partial charge in [-0.25, -0.2) is 13.6 Å². The standard InChI is InChI=1S/C13H15N3O2S/c14-19(17,18)13-6-3-4-11(8-13)9-15-10-12-5-1-2-7-16-12/h1-8,15H,9-10H2,(H2,14,17,18). The number of nitrogens with one attached hydrogen (secondary N) is 1. The van der Waals surface area contributed by atoms with Gasteiger partial charge in [-0.15, -0.1) is 0 Å². The van der Waals surface area contributed by atoms with Crippen molar-refractivity contribution in [2.75, 3.05) is 0 Å². The summed E-state index contributed by atoms with van der Waals surface area (Å²) < 4.78 is 22.5. The van der Waals surface area contributed by atoms with Gasteiger partial charge >= 0.3 is 0 Å². The van der Waals surface area contributed by atoms with Crippen molar-refractivity contribution >= 4 is 10.0 Å². The van der Waals surface area contributed by atoms with E-state index >= 15 is 0 Å². The lowest BCUT2D eigenvalue weighted by Crippen LogP contribution is -2.15. The zero-order valence-electron chi connectivity index (χ0n) is 10.3. The van der Waals surface area contributed by atoms with Crippen LogP contribution >= 0.6 is 0 Å². The molecule has 1 aromatic heterocycles. The van der Waals surface area contributed by atoms with Crippen LogP contribution in [-0.2, 0) is 23.1 Å². The van der Waals surface area contributed by atoms with Crippen molar-refractivity contribution in [2.24, 2.45) is 5.14 Å². The summed E-state index contributed by atoms with van der Waals surface area (Å²) in [6.07, 6.45) is 1.73. The minimum Gasteiger partial charge on any atom is -0.307 e. The molecule has 0 spiro atoms.